The zero-order chi connectivity index (χ0) is 15.4. The third kappa shape index (κ3) is 3.48. The molecule has 114 valence electrons. The number of hydrogen-bond donors (Lipinski definition) is 0. The van der Waals surface area contributed by atoms with E-state index >= 15 is 0 Å². The van der Waals surface area contributed by atoms with E-state index in [0.717, 1.165) is 17.1 Å². The Bertz CT molecular complexity index is 647. The molecule has 0 aliphatic carbocycles. The summed E-state index contributed by atoms with van der Waals surface area (Å²) < 4.78 is 11.6. The van der Waals surface area contributed by atoms with Gasteiger partial charge in [-0.15, -0.1) is 0 Å². The Hall–Kier alpha value is -2.29. The van der Waals surface area contributed by atoms with Crippen LogP contribution in [0.15, 0.2) is 53.5 Å². The summed E-state index contributed by atoms with van der Waals surface area (Å²) in [6.07, 6.45) is 1.87. The average molecular weight is 295 g/mol. The number of hydrogen-bond acceptors (Lipinski definition) is 3. The predicted molar refractivity (Wildman–Crippen MR) is 89.3 cm³/mol. The van der Waals surface area contributed by atoms with E-state index in [-0.39, 0.29) is 6.10 Å². The lowest BCUT2D eigenvalue weighted by Gasteiger charge is -2.25. The van der Waals surface area contributed by atoms with E-state index < -0.39 is 0 Å². The van der Waals surface area contributed by atoms with E-state index in [0.29, 0.717) is 19.1 Å². The molecular formula is C19H21NO2. The van der Waals surface area contributed by atoms with Crippen molar-refractivity contribution in [2.75, 3.05) is 13.2 Å². The van der Waals surface area contributed by atoms with Gasteiger partial charge < -0.3 is 9.47 Å². The highest BCUT2D eigenvalue weighted by atomic mass is 16.6. The summed E-state index contributed by atoms with van der Waals surface area (Å²) in [7, 11) is 0. The number of ether oxygens (including phenoxy) is 2. The van der Waals surface area contributed by atoms with Crippen LogP contribution in [-0.2, 0) is 0 Å². The van der Waals surface area contributed by atoms with Crippen molar-refractivity contribution < 1.29 is 9.47 Å². The van der Waals surface area contributed by atoms with Crippen LogP contribution in [0.4, 0.5) is 0 Å². The quantitative estimate of drug-likeness (QED) is 0.796. The normalized spacial score (nSPS) is 17.1. The van der Waals surface area contributed by atoms with Gasteiger partial charge in [-0.25, -0.2) is 0 Å². The molecule has 3 heteroatoms. The second kappa shape index (κ2) is 6.65. The lowest BCUT2D eigenvalue weighted by Crippen LogP contribution is -2.31. The summed E-state index contributed by atoms with van der Waals surface area (Å²) >= 11 is 0. The van der Waals surface area contributed by atoms with Gasteiger partial charge in [-0.3, -0.25) is 4.99 Å². The van der Waals surface area contributed by atoms with Gasteiger partial charge in [0.2, 0.25) is 0 Å². The van der Waals surface area contributed by atoms with Crippen LogP contribution >= 0.6 is 0 Å². The summed E-state index contributed by atoms with van der Waals surface area (Å²) in [6, 6.07) is 16.3. The summed E-state index contributed by atoms with van der Waals surface area (Å²) in [5.74, 6) is 2.17. The van der Waals surface area contributed by atoms with E-state index in [1.807, 2.05) is 30.5 Å². The molecule has 22 heavy (non-hydrogen) atoms. The lowest BCUT2D eigenvalue weighted by molar-refractivity contribution is 0.0973. The molecule has 1 aliphatic rings. The lowest BCUT2D eigenvalue weighted by atomic mass is 10.0. The fourth-order valence-corrected chi connectivity index (χ4v) is 2.40. The predicted octanol–water partition coefficient (Wildman–Crippen LogP) is 4.07. The van der Waals surface area contributed by atoms with Gasteiger partial charge in [-0.05, 0) is 29.2 Å². The van der Waals surface area contributed by atoms with Crippen LogP contribution in [0.2, 0.25) is 0 Å². The minimum atomic E-state index is -0.0268. The monoisotopic (exact) mass is 295 g/mol. The topological polar surface area (TPSA) is 30.8 Å². The van der Waals surface area contributed by atoms with Crippen molar-refractivity contribution in [2.24, 2.45) is 4.99 Å². The van der Waals surface area contributed by atoms with Gasteiger partial charge in [0.1, 0.15) is 6.61 Å². The third-order valence-corrected chi connectivity index (χ3v) is 3.72. The van der Waals surface area contributed by atoms with Crippen LogP contribution in [-0.4, -0.2) is 25.5 Å². The minimum Gasteiger partial charge on any atom is -0.486 e. The van der Waals surface area contributed by atoms with E-state index in [1.54, 1.807) is 0 Å². The van der Waals surface area contributed by atoms with E-state index in [4.69, 9.17) is 9.47 Å². The van der Waals surface area contributed by atoms with Gasteiger partial charge in [-0.1, -0.05) is 50.2 Å². The van der Waals surface area contributed by atoms with Crippen molar-refractivity contribution in [2.45, 2.75) is 25.9 Å². The van der Waals surface area contributed by atoms with Crippen LogP contribution in [0.5, 0.6) is 11.5 Å². The van der Waals surface area contributed by atoms with Crippen molar-refractivity contribution in [1.29, 1.82) is 0 Å². The van der Waals surface area contributed by atoms with Crippen LogP contribution < -0.4 is 9.47 Å². The molecule has 0 amide bonds. The van der Waals surface area contributed by atoms with Crippen molar-refractivity contribution in [3.63, 3.8) is 0 Å². The fourth-order valence-electron chi connectivity index (χ4n) is 2.40. The smallest absolute Gasteiger partial charge is 0.161 e. The number of rotatable bonds is 4. The van der Waals surface area contributed by atoms with E-state index in [9.17, 15) is 0 Å². The molecular weight excluding hydrogens is 274 g/mol. The molecule has 3 nitrogen and oxygen atoms in total. The highest BCUT2D eigenvalue weighted by Crippen LogP contribution is 2.30. The maximum Gasteiger partial charge on any atom is 0.161 e. The Labute approximate surface area is 131 Å². The molecule has 0 N–H and O–H groups in total. The molecule has 1 heterocycles. The van der Waals surface area contributed by atoms with E-state index in [2.05, 4.69) is 43.1 Å². The standard InChI is InChI=1S/C19H21NO2/c1-14(2)16-9-7-15(8-10-16)11-20-12-17-13-21-18-5-3-4-6-19(18)22-17/h3-11,14,17H,12-13H2,1-2H3. The Morgan fingerprint density at radius 2 is 1.82 bits per heavy atom. The molecule has 3 rings (SSSR count). The molecule has 0 saturated carbocycles. The second-order valence-electron chi connectivity index (χ2n) is 5.81. The number of fused-ring (bicyclic) bond motifs is 1. The molecule has 1 atom stereocenters. The summed E-state index contributed by atoms with van der Waals surface area (Å²) in [6.45, 7) is 5.53. The first-order valence-corrected chi connectivity index (χ1v) is 7.70. The maximum atomic E-state index is 5.88. The number of nitrogens with zero attached hydrogens (tertiary/aromatic N) is 1. The van der Waals surface area contributed by atoms with Crippen molar-refractivity contribution in [1.82, 2.24) is 0 Å². The minimum absolute atomic E-state index is 0.0268. The highest BCUT2D eigenvalue weighted by Gasteiger charge is 2.19. The van der Waals surface area contributed by atoms with Gasteiger partial charge in [0.15, 0.2) is 17.6 Å². The van der Waals surface area contributed by atoms with Crippen molar-refractivity contribution in [3.05, 3.63) is 59.7 Å². The Balaban J connectivity index is 1.56. The first kappa shape index (κ1) is 14.6. The summed E-state index contributed by atoms with van der Waals surface area (Å²) in [4.78, 5) is 4.48. The Kier molecular flexibility index (Phi) is 4.42. The molecule has 0 spiro atoms. The summed E-state index contributed by atoms with van der Waals surface area (Å²) in [5.41, 5.74) is 2.46. The van der Waals surface area contributed by atoms with Gasteiger partial charge in [0.05, 0.1) is 6.54 Å². The SMILES string of the molecule is CC(C)c1ccc(C=NCC2COc3ccccc3O2)cc1. The molecule has 0 fully saturated rings. The number of para-hydroxylation sites is 2. The zero-order valence-electron chi connectivity index (χ0n) is 13.0. The van der Waals surface area contributed by atoms with Crippen LogP contribution in [0.3, 0.4) is 0 Å². The van der Waals surface area contributed by atoms with Gasteiger partial charge in [0.25, 0.3) is 0 Å². The average Bonchev–Trinajstić information content (AvgIpc) is 2.55. The highest BCUT2D eigenvalue weighted by molar-refractivity contribution is 5.79. The van der Waals surface area contributed by atoms with Crippen LogP contribution in [0, 0.1) is 0 Å². The first-order valence-electron chi connectivity index (χ1n) is 7.70. The molecule has 0 saturated heterocycles. The van der Waals surface area contributed by atoms with Crippen LogP contribution in [0.25, 0.3) is 0 Å². The van der Waals surface area contributed by atoms with Gasteiger partial charge in [-0.2, -0.15) is 0 Å². The molecule has 0 bridgehead atoms. The number of benzene rings is 2. The summed E-state index contributed by atoms with van der Waals surface area (Å²) in [5, 5.41) is 0. The molecule has 0 aromatic heterocycles. The largest absolute Gasteiger partial charge is 0.486 e. The second-order valence-corrected chi connectivity index (χ2v) is 5.81. The zero-order valence-corrected chi connectivity index (χ0v) is 13.0. The van der Waals surface area contributed by atoms with Gasteiger partial charge in [0, 0.05) is 6.21 Å². The number of aliphatic imine (C=N–C) groups is 1. The maximum absolute atomic E-state index is 5.88. The van der Waals surface area contributed by atoms with Crippen molar-refractivity contribution in [3.8, 4) is 11.5 Å². The third-order valence-electron chi connectivity index (χ3n) is 3.72. The molecule has 1 aliphatic heterocycles. The fraction of sp³-hybridized carbons (Fsp3) is 0.316. The Morgan fingerprint density at radius 3 is 2.55 bits per heavy atom. The van der Waals surface area contributed by atoms with Crippen LogP contribution in [0.1, 0.15) is 30.9 Å². The molecule has 0 radical (unpaired) electrons. The van der Waals surface area contributed by atoms with Crippen molar-refractivity contribution >= 4 is 6.21 Å². The first-order chi connectivity index (χ1) is 10.7. The Morgan fingerprint density at radius 1 is 1.09 bits per heavy atom. The van der Waals surface area contributed by atoms with Gasteiger partial charge >= 0.3 is 0 Å². The van der Waals surface area contributed by atoms with E-state index in [1.165, 1.54) is 5.56 Å². The molecule has 1 unspecified atom stereocenters. The molecule has 2 aromatic carbocycles. The molecule has 2 aromatic rings.